The molecule has 1 aromatic rings. The van der Waals surface area contributed by atoms with Crippen LogP contribution in [0.3, 0.4) is 0 Å². The van der Waals surface area contributed by atoms with Crippen LogP contribution < -0.4 is 0 Å². The van der Waals surface area contributed by atoms with Gasteiger partial charge in [-0.25, -0.2) is 0 Å². The molecule has 0 saturated heterocycles. The van der Waals surface area contributed by atoms with E-state index in [1.165, 1.54) is 12.2 Å². The molecule has 0 aliphatic rings. The largest absolute Gasteiger partial charge is 0.462 e. The molecule has 0 aliphatic carbocycles. The van der Waals surface area contributed by atoms with Gasteiger partial charge in [-0.1, -0.05) is 0 Å². The standard InChI is InChI=1S/C12H21NO2S/c1-10(6-7-16-3)13(2)8-11-4-5-12(9-14)15-11/h4-5,10,14H,6-9H2,1-3H3. The predicted octanol–water partition coefficient (Wildman–Crippen LogP) is 2.35. The third kappa shape index (κ3) is 4.20. The van der Waals surface area contributed by atoms with Crippen LogP contribution in [-0.2, 0) is 13.2 Å². The van der Waals surface area contributed by atoms with E-state index >= 15 is 0 Å². The van der Waals surface area contributed by atoms with E-state index in [4.69, 9.17) is 9.52 Å². The van der Waals surface area contributed by atoms with E-state index in [1.807, 2.05) is 23.9 Å². The lowest BCUT2D eigenvalue weighted by atomic mass is 10.2. The lowest BCUT2D eigenvalue weighted by Gasteiger charge is -2.23. The van der Waals surface area contributed by atoms with Crippen molar-refractivity contribution in [2.24, 2.45) is 0 Å². The molecule has 0 amide bonds. The van der Waals surface area contributed by atoms with Gasteiger partial charge in [-0.05, 0) is 44.5 Å². The average molecular weight is 243 g/mol. The number of hydrogen-bond acceptors (Lipinski definition) is 4. The minimum Gasteiger partial charge on any atom is -0.462 e. The molecule has 4 heteroatoms. The summed E-state index contributed by atoms with van der Waals surface area (Å²) in [6.07, 6.45) is 3.32. The first-order chi connectivity index (χ1) is 7.67. The second-order valence-corrected chi connectivity index (χ2v) is 5.06. The molecule has 1 unspecified atom stereocenters. The van der Waals surface area contributed by atoms with Gasteiger partial charge in [0.2, 0.25) is 0 Å². The second kappa shape index (κ2) is 6.99. The molecule has 1 heterocycles. The third-order valence-electron chi connectivity index (χ3n) is 2.77. The van der Waals surface area contributed by atoms with Gasteiger partial charge in [0.1, 0.15) is 18.1 Å². The van der Waals surface area contributed by atoms with Crippen LogP contribution in [0.25, 0.3) is 0 Å². The first-order valence-electron chi connectivity index (χ1n) is 5.55. The van der Waals surface area contributed by atoms with E-state index in [9.17, 15) is 0 Å². The maximum atomic E-state index is 8.90. The van der Waals surface area contributed by atoms with E-state index < -0.39 is 0 Å². The molecule has 1 rings (SSSR count). The zero-order valence-corrected chi connectivity index (χ0v) is 11.1. The minimum absolute atomic E-state index is 0.0221. The molecular formula is C12H21NO2S. The van der Waals surface area contributed by atoms with Gasteiger partial charge >= 0.3 is 0 Å². The highest BCUT2D eigenvalue weighted by Crippen LogP contribution is 2.13. The summed E-state index contributed by atoms with van der Waals surface area (Å²) in [6, 6.07) is 4.31. The predicted molar refractivity (Wildman–Crippen MR) is 68.6 cm³/mol. The van der Waals surface area contributed by atoms with Gasteiger partial charge in [0.15, 0.2) is 0 Å². The van der Waals surface area contributed by atoms with Crippen molar-refractivity contribution in [2.75, 3.05) is 19.1 Å². The Morgan fingerprint density at radius 3 is 2.69 bits per heavy atom. The number of hydrogen-bond donors (Lipinski definition) is 1. The first-order valence-corrected chi connectivity index (χ1v) is 6.94. The zero-order valence-electron chi connectivity index (χ0n) is 10.3. The normalized spacial score (nSPS) is 13.3. The Hall–Kier alpha value is -0.450. The molecule has 0 radical (unpaired) electrons. The van der Waals surface area contributed by atoms with Gasteiger partial charge in [0, 0.05) is 6.04 Å². The number of aliphatic hydroxyl groups is 1. The Bertz CT molecular complexity index is 301. The van der Waals surface area contributed by atoms with Crippen LogP contribution in [0, 0.1) is 0 Å². The van der Waals surface area contributed by atoms with Gasteiger partial charge in [0.05, 0.1) is 6.54 Å². The second-order valence-electron chi connectivity index (χ2n) is 4.07. The van der Waals surface area contributed by atoms with E-state index in [-0.39, 0.29) is 6.61 Å². The fraction of sp³-hybridized carbons (Fsp3) is 0.667. The Labute approximate surface area is 102 Å². The summed E-state index contributed by atoms with van der Waals surface area (Å²) < 4.78 is 5.46. The van der Waals surface area contributed by atoms with E-state index in [0.29, 0.717) is 11.8 Å². The quantitative estimate of drug-likeness (QED) is 0.797. The summed E-state index contributed by atoms with van der Waals surface area (Å²) in [5.41, 5.74) is 0. The van der Waals surface area contributed by atoms with Crippen LogP contribution in [0.15, 0.2) is 16.5 Å². The van der Waals surface area contributed by atoms with Gasteiger partial charge < -0.3 is 9.52 Å². The minimum atomic E-state index is -0.0221. The summed E-state index contributed by atoms with van der Waals surface area (Å²) >= 11 is 1.88. The summed E-state index contributed by atoms with van der Waals surface area (Å²) in [5, 5.41) is 8.90. The molecule has 0 aliphatic heterocycles. The van der Waals surface area contributed by atoms with E-state index in [1.54, 1.807) is 0 Å². The Morgan fingerprint density at radius 2 is 2.12 bits per heavy atom. The molecule has 0 spiro atoms. The van der Waals surface area contributed by atoms with Gasteiger partial charge in [-0.15, -0.1) is 0 Å². The number of furan rings is 1. The number of aliphatic hydroxyl groups excluding tert-OH is 1. The van der Waals surface area contributed by atoms with Gasteiger partial charge in [-0.2, -0.15) is 11.8 Å². The Morgan fingerprint density at radius 1 is 1.44 bits per heavy atom. The average Bonchev–Trinajstić information content (AvgIpc) is 2.73. The molecule has 1 atom stereocenters. The van der Waals surface area contributed by atoms with Crippen LogP contribution in [0.5, 0.6) is 0 Å². The molecule has 1 N–H and O–H groups in total. The number of thioether (sulfide) groups is 1. The van der Waals surface area contributed by atoms with Crippen molar-refractivity contribution in [3.05, 3.63) is 23.7 Å². The molecule has 0 fully saturated rings. The van der Waals surface area contributed by atoms with Crippen molar-refractivity contribution in [3.63, 3.8) is 0 Å². The highest BCUT2D eigenvalue weighted by Gasteiger charge is 2.11. The van der Waals surface area contributed by atoms with Crippen molar-refractivity contribution in [1.82, 2.24) is 4.90 Å². The van der Waals surface area contributed by atoms with Gasteiger partial charge in [-0.3, -0.25) is 4.90 Å². The lowest BCUT2D eigenvalue weighted by Crippen LogP contribution is -2.28. The highest BCUT2D eigenvalue weighted by atomic mass is 32.2. The first kappa shape index (κ1) is 13.6. The van der Waals surface area contributed by atoms with Crippen molar-refractivity contribution < 1.29 is 9.52 Å². The topological polar surface area (TPSA) is 36.6 Å². The maximum Gasteiger partial charge on any atom is 0.129 e. The van der Waals surface area contributed by atoms with Crippen molar-refractivity contribution in [3.8, 4) is 0 Å². The van der Waals surface area contributed by atoms with E-state index in [2.05, 4.69) is 25.1 Å². The molecule has 0 bridgehead atoms. The fourth-order valence-electron chi connectivity index (χ4n) is 1.50. The Kier molecular flexibility index (Phi) is 5.95. The summed E-state index contributed by atoms with van der Waals surface area (Å²) in [4.78, 5) is 2.27. The molecule has 0 aromatic carbocycles. The van der Waals surface area contributed by atoms with Crippen molar-refractivity contribution >= 4 is 11.8 Å². The zero-order chi connectivity index (χ0) is 12.0. The van der Waals surface area contributed by atoms with Crippen LogP contribution in [-0.4, -0.2) is 35.1 Å². The summed E-state index contributed by atoms with van der Waals surface area (Å²) in [6.45, 7) is 3.01. The van der Waals surface area contributed by atoms with Crippen molar-refractivity contribution in [2.45, 2.75) is 32.5 Å². The monoisotopic (exact) mass is 243 g/mol. The SMILES string of the molecule is CSCCC(C)N(C)Cc1ccc(CO)o1. The van der Waals surface area contributed by atoms with Gasteiger partial charge in [0.25, 0.3) is 0 Å². The van der Waals surface area contributed by atoms with Crippen LogP contribution in [0.2, 0.25) is 0 Å². The maximum absolute atomic E-state index is 8.90. The van der Waals surface area contributed by atoms with Crippen LogP contribution in [0.1, 0.15) is 24.9 Å². The van der Waals surface area contributed by atoms with E-state index in [0.717, 1.165) is 12.3 Å². The lowest BCUT2D eigenvalue weighted by molar-refractivity contribution is 0.209. The summed E-state index contributed by atoms with van der Waals surface area (Å²) in [5.74, 6) is 2.74. The van der Waals surface area contributed by atoms with Crippen LogP contribution >= 0.6 is 11.8 Å². The smallest absolute Gasteiger partial charge is 0.129 e. The third-order valence-corrected chi connectivity index (χ3v) is 3.41. The van der Waals surface area contributed by atoms with Crippen LogP contribution in [0.4, 0.5) is 0 Å². The molecular weight excluding hydrogens is 222 g/mol. The number of rotatable bonds is 7. The Balaban J connectivity index is 2.40. The fourth-order valence-corrected chi connectivity index (χ4v) is 2.08. The molecule has 3 nitrogen and oxygen atoms in total. The van der Waals surface area contributed by atoms with Crippen molar-refractivity contribution in [1.29, 1.82) is 0 Å². The number of nitrogens with zero attached hydrogens (tertiary/aromatic N) is 1. The molecule has 92 valence electrons. The molecule has 1 aromatic heterocycles. The summed E-state index contributed by atoms with van der Waals surface area (Å²) in [7, 11) is 2.10. The molecule has 16 heavy (non-hydrogen) atoms. The highest BCUT2D eigenvalue weighted by molar-refractivity contribution is 7.98. The molecule has 0 saturated carbocycles.